The largest absolute Gasteiger partial charge is 0.454 e. The van der Waals surface area contributed by atoms with Gasteiger partial charge in [0.25, 0.3) is 0 Å². The van der Waals surface area contributed by atoms with Crippen molar-refractivity contribution >= 4 is 21.6 Å². The van der Waals surface area contributed by atoms with Crippen LogP contribution >= 0.6 is 0 Å². The Labute approximate surface area is 154 Å². The molecule has 1 aromatic carbocycles. The van der Waals surface area contributed by atoms with E-state index in [9.17, 15) is 13.2 Å². The van der Waals surface area contributed by atoms with Gasteiger partial charge in [0, 0.05) is 12.1 Å². The number of fused-ring (bicyclic) bond motifs is 1. The molecule has 0 aliphatic carbocycles. The summed E-state index contributed by atoms with van der Waals surface area (Å²) in [5.74, 6) is 0.658. The SMILES string of the molecule is CCS(=O)(=O)N(CC(=O)NC1CCN(C)CC1)c1ccc2c(c1)OCO2. The molecule has 26 heavy (non-hydrogen) atoms. The number of hydrogen-bond donors (Lipinski definition) is 1. The molecule has 1 amide bonds. The van der Waals surface area contributed by atoms with Crippen molar-refractivity contribution in [1.82, 2.24) is 10.2 Å². The molecule has 0 unspecified atom stereocenters. The van der Waals surface area contributed by atoms with Crippen LogP contribution in [0.3, 0.4) is 0 Å². The van der Waals surface area contributed by atoms with E-state index in [4.69, 9.17) is 9.47 Å². The number of piperidine rings is 1. The van der Waals surface area contributed by atoms with Gasteiger partial charge in [-0.05, 0) is 52.0 Å². The molecule has 144 valence electrons. The van der Waals surface area contributed by atoms with Crippen LogP contribution in [0.5, 0.6) is 11.5 Å². The Kier molecular flexibility index (Phi) is 5.57. The third-order valence-corrected chi connectivity index (χ3v) is 6.46. The maximum atomic E-state index is 12.5. The van der Waals surface area contributed by atoms with Gasteiger partial charge in [0.1, 0.15) is 6.54 Å². The van der Waals surface area contributed by atoms with Gasteiger partial charge >= 0.3 is 0 Å². The number of nitrogens with one attached hydrogen (secondary N) is 1. The summed E-state index contributed by atoms with van der Waals surface area (Å²) in [5, 5.41) is 2.96. The van der Waals surface area contributed by atoms with Crippen molar-refractivity contribution in [3.05, 3.63) is 18.2 Å². The van der Waals surface area contributed by atoms with Crippen LogP contribution in [0.15, 0.2) is 18.2 Å². The molecule has 0 radical (unpaired) electrons. The van der Waals surface area contributed by atoms with Crippen molar-refractivity contribution < 1.29 is 22.7 Å². The first-order valence-corrected chi connectivity index (χ1v) is 10.4. The monoisotopic (exact) mass is 383 g/mol. The van der Waals surface area contributed by atoms with Crippen LogP contribution in [0.1, 0.15) is 19.8 Å². The molecule has 3 rings (SSSR count). The summed E-state index contributed by atoms with van der Waals surface area (Å²) >= 11 is 0. The van der Waals surface area contributed by atoms with E-state index in [0.29, 0.717) is 17.2 Å². The fourth-order valence-electron chi connectivity index (χ4n) is 3.10. The second-order valence-corrected chi connectivity index (χ2v) is 8.77. The minimum Gasteiger partial charge on any atom is -0.454 e. The van der Waals surface area contributed by atoms with Crippen molar-refractivity contribution in [2.75, 3.05) is 43.5 Å². The highest BCUT2D eigenvalue weighted by Crippen LogP contribution is 2.36. The summed E-state index contributed by atoms with van der Waals surface area (Å²) in [6.07, 6.45) is 1.74. The molecule has 0 atom stereocenters. The van der Waals surface area contributed by atoms with Gasteiger partial charge in [-0.1, -0.05) is 0 Å². The van der Waals surface area contributed by atoms with Crippen molar-refractivity contribution in [3.8, 4) is 11.5 Å². The topological polar surface area (TPSA) is 88.2 Å². The first-order valence-electron chi connectivity index (χ1n) is 8.77. The average molecular weight is 383 g/mol. The van der Waals surface area contributed by atoms with Crippen molar-refractivity contribution in [1.29, 1.82) is 0 Å². The summed E-state index contributed by atoms with van der Waals surface area (Å²) in [7, 11) is -1.56. The second kappa shape index (κ2) is 7.71. The Morgan fingerprint density at radius 3 is 2.65 bits per heavy atom. The van der Waals surface area contributed by atoms with Crippen molar-refractivity contribution in [3.63, 3.8) is 0 Å². The molecule has 0 saturated carbocycles. The van der Waals surface area contributed by atoms with Crippen LogP contribution in [0.4, 0.5) is 5.69 Å². The first-order chi connectivity index (χ1) is 12.4. The predicted octanol–water partition coefficient (Wildman–Crippen LogP) is 0.782. The van der Waals surface area contributed by atoms with Crippen LogP contribution in [0, 0.1) is 0 Å². The molecule has 2 aliphatic heterocycles. The Balaban J connectivity index is 1.73. The van der Waals surface area contributed by atoms with Gasteiger partial charge in [0.15, 0.2) is 11.5 Å². The zero-order valence-corrected chi connectivity index (χ0v) is 15.9. The normalized spacial score (nSPS) is 17.9. The van der Waals surface area contributed by atoms with E-state index in [1.54, 1.807) is 25.1 Å². The Bertz CT molecular complexity index is 760. The van der Waals surface area contributed by atoms with Crippen LogP contribution in [-0.2, 0) is 14.8 Å². The highest BCUT2D eigenvalue weighted by molar-refractivity contribution is 7.92. The van der Waals surface area contributed by atoms with E-state index in [1.165, 1.54) is 0 Å². The van der Waals surface area contributed by atoms with Gasteiger partial charge in [0.05, 0.1) is 11.4 Å². The van der Waals surface area contributed by atoms with Gasteiger partial charge in [0.2, 0.25) is 22.7 Å². The van der Waals surface area contributed by atoms with E-state index in [0.717, 1.165) is 30.2 Å². The number of sulfonamides is 1. The quantitative estimate of drug-likeness (QED) is 0.781. The van der Waals surface area contributed by atoms with Gasteiger partial charge in [-0.25, -0.2) is 8.42 Å². The van der Waals surface area contributed by atoms with E-state index < -0.39 is 10.0 Å². The lowest BCUT2D eigenvalue weighted by molar-refractivity contribution is -0.120. The zero-order valence-electron chi connectivity index (χ0n) is 15.1. The third kappa shape index (κ3) is 4.21. The molecule has 2 heterocycles. The van der Waals surface area contributed by atoms with E-state index in [1.807, 2.05) is 7.05 Å². The second-order valence-electron chi connectivity index (χ2n) is 6.59. The molecular weight excluding hydrogens is 358 g/mol. The molecule has 2 aliphatic rings. The van der Waals surface area contributed by atoms with E-state index in [2.05, 4.69) is 10.2 Å². The van der Waals surface area contributed by atoms with E-state index >= 15 is 0 Å². The van der Waals surface area contributed by atoms with Crippen molar-refractivity contribution in [2.24, 2.45) is 0 Å². The third-order valence-electron chi connectivity index (χ3n) is 4.72. The number of nitrogens with zero attached hydrogens (tertiary/aromatic N) is 2. The lowest BCUT2D eigenvalue weighted by Gasteiger charge is -2.30. The minimum absolute atomic E-state index is 0.0848. The number of amides is 1. The van der Waals surface area contributed by atoms with Crippen LogP contribution in [-0.4, -0.2) is 64.5 Å². The molecule has 1 N–H and O–H groups in total. The number of carbonyl (C=O) groups is 1. The fourth-order valence-corrected chi connectivity index (χ4v) is 4.16. The van der Waals surface area contributed by atoms with Gasteiger partial charge in [-0.15, -0.1) is 0 Å². The number of benzene rings is 1. The van der Waals surface area contributed by atoms with Crippen LogP contribution in [0.25, 0.3) is 0 Å². The molecule has 0 spiro atoms. The molecular formula is C17H25N3O5S. The van der Waals surface area contributed by atoms with Crippen LogP contribution < -0.4 is 19.1 Å². The molecule has 1 saturated heterocycles. The number of anilines is 1. The van der Waals surface area contributed by atoms with Gasteiger partial charge in [-0.3, -0.25) is 9.10 Å². The highest BCUT2D eigenvalue weighted by atomic mass is 32.2. The maximum Gasteiger partial charge on any atom is 0.240 e. The number of hydrogen-bond acceptors (Lipinski definition) is 6. The average Bonchev–Trinajstić information content (AvgIpc) is 3.09. The Morgan fingerprint density at radius 2 is 1.96 bits per heavy atom. The Hall–Kier alpha value is -2.00. The maximum absolute atomic E-state index is 12.5. The van der Waals surface area contributed by atoms with Crippen LogP contribution in [0.2, 0.25) is 0 Å². The summed E-state index contributed by atoms with van der Waals surface area (Å²) < 4.78 is 36.8. The minimum atomic E-state index is -3.61. The summed E-state index contributed by atoms with van der Waals surface area (Å²) in [6.45, 7) is 3.26. The summed E-state index contributed by atoms with van der Waals surface area (Å²) in [4.78, 5) is 14.7. The number of rotatable bonds is 6. The number of likely N-dealkylation sites (tertiary alicyclic amines) is 1. The molecule has 8 nitrogen and oxygen atoms in total. The fraction of sp³-hybridized carbons (Fsp3) is 0.588. The standard InChI is InChI=1S/C17H25N3O5S/c1-3-26(22,23)20(14-4-5-15-16(10-14)25-12-24-15)11-17(21)18-13-6-8-19(2)9-7-13/h4-5,10,13H,3,6-9,11-12H2,1-2H3,(H,18,21). The van der Waals surface area contributed by atoms with Crippen molar-refractivity contribution in [2.45, 2.75) is 25.8 Å². The first kappa shape index (κ1) is 18.8. The molecule has 0 bridgehead atoms. The predicted molar refractivity (Wildman–Crippen MR) is 98.0 cm³/mol. The molecule has 9 heteroatoms. The van der Waals surface area contributed by atoms with Gasteiger partial charge < -0.3 is 19.7 Å². The summed E-state index contributed by atoms with van der Waals surface area (Å²) in [6, 6.07) is 4.97. The summed E-state index contributed by atoms with van der Waals surface area (Å²) in [5.41, 5.74) is 0.398. The molecule has 0 aromatic heterocycles. The lowest BCUT2D eigenvalue weighted by Crippen LogP contribution is -2.48. The number of ether oxygens (including phenoxy) is 2. The van der Waals surface area contributed by atoms with Gasteiger partial charge in [-0.2, -0.15) is 0 Å². The smallest absolute Gasteiger partial charge is 0.240 e. The lowest BCUT2D eigenvalue weighted by atomic mass is 10.1. The highest BCUT2D eigenvalue weighted by Gasteiger charge is 2.27. The Morgan fingerprint density at radius 1 is 1.27 bits per heavy atom. The molecule has 1 fully saturated rings. The number of carbonyl (C=O) groups excluding carboxylic acids is 1. The zero-order chi connectivity index (χ0) is 18.7. The van der Waals surface area contributed by atoms with E-state index in [-0.39, 0.29) is 31.0 Å². The molecule has 1 aromatic rings.